The van der Waals surface area contributed by atoms with Crippen molar-refractivity contribution in [2.75, 3.05) is 5.32 Å². The van der Waals surface area contributed by atoms with Crippen molar-refractivity contribution in [1.82, 2.24) is 0 Å². The van der Waals surface area contributed by atoms with E-state index < -0.39 is 0 Å². The number of anilines is 1. The normalized spacial score (nSPS) is 15.3. The van der Waals surface area contributed by atoms with Crippen LogP contribution < -0.4 is 5.32 Å². The van der Waals surface area contributed by atoms with Gasteiger partial charge in [0.1, 0.15) is 6.07 Å². The van der Waals surface area contributed by atoms with Crippen LogP contribution in [-0.2, 0) is 0 Å². The summed E-state index contributed by atoms with van der Waals surface area (Å²) in [6.45, 7) is 0. The smallest absolute Gasteiger partial charge is 0.101 e. The Labute approximate surface area is 134 Å². The third-order valence-corrected chi connectivity index (χ3v) is 4.30. The van der Waals surface area contributed by atoms with Gasteiger partial charge in [-0.25, -0.2) is 0 Å². The molecule has 2 aromatic carbocycles. The summed E-state index contributed by atoms with van der Waals surface area (Å²) < 4.78 is 0. The van der Waals surface area contributed by atoms with E-state index in [2.05, 4.69) is 23.5 Å². The molecular weight excluding hydrogens is 303 g/mol. The molecular formula is C17H14Cl2N2. The van der Waals surface area contributed by atoms with Gasteiger partial charge < -0.3 is 5.32 Å². The van der Waals surface area contributed by atoms with Crippen LogP contribution in [0.3, 0.4) is 0 Å². The third-order valence-electron chi connectivity index (χ3n) is 3.73. The highest BCUT2D eigenvalue weighted by atomic mass is 35.5. The zero-order valence-corrected chi connectivity index (χ0v) is 12.8. The van der Waals surface area contributed by atoms with Crippen molar-refractivity contribution in [3.05, 3.63) is 63.6 Å². The molecule has 2 nitrogen and oxygen atoms in total. The Morgan fingerprint density at radius 3 is 2.38 bits per heavy atom. The zero-order valence-electron chi connectivity index (χ0n) is 11.3. The lowest BCUT2D eigenvalue weighted by Gasteiger charge is -2.20. The lowest BCUT2D eigenvalue weighted by Crippen LogP contribution is -2.12. The highest BCUT2D eigenvalue weighted by Gasteiger charge is 2.32. The van der Waals surface area contributed by atoms with Crippen molar-refractivity contribution in [2.45, 2.75) is 18.9 Å². The molecule has 0 amide bonds. The second-order valence-electron chi connectivity index (χ2n) is 5.32. The number of halogens is 2. The van der Waals surface area contributed by atoms with Gasteiger partial charge in [0.2, 0.25) is 0 Å². The van der Waals surface area contributed by atoms with Crippen LogP contribution >= 0.6 is 23.2 Å². The number of nitrogens with one attached hydrogen (secondary N) is 1. The predicted octanol–water partition coefficient (Wildman–Crippen LogP) is 5.43. The highest BCUT2D eigenvalue weighted by molar-refractivity contribution is 6.32. The molecule has 4 heteroatoms. The van der Waals surface area contributed by atoms with E-state index in [1.807, 2.05) is 24.3 Å². The third kappa shape index (κ3) is 3.32. The van der Waals surface area contributed by atoms with E-state index in [0.29, 0.717) is 16.5 Å². The second-order valence-corrected chi connectivity index (χ2v) is 6.16. The maximum atomic E-state index is 8.93. The first-order valence-electron chi connectivity index (χ1n) is 6.89. The molecule has 1 N–H and O–H groups in total. The minimum Gasteiger partial charge on any atom is -0.378 e. The van der Waals surface area contributed by atoms with E-state index in [-0.39, 0.29) is 6.04 Å². The molecule has 0 aliphatic heterocycles. The van der Waals surface area contributed by atoms with Gasteiger partial charge in [0.15, 0.2) is 0 Å². The first-order valence-corrected chi connectivity index (χ1v) is 7.64. The lowest BCUT2D eigenvalue weighted by atomic mass is 10.0. The van der Waals surface area contributed by atoms with Gasteiger partial charge in [0, 0.05) is 10.7 Å². The van der Waals surface area contributed by atoms with Gasteiger partial charge in [-0.05, 0) is 54.7 Å². The fourth-order valence-corrected chi connectivity index (χ4v) is 2.80. The number of hydrogen-bond donors (Lipinski definition) is 1. The van der Waals surface area contributed by atoms with Crippen molar-refractivity contribution in [2.24, 2.45) is 5.92 Å². The number of nitriles is 1. The Morgan fingerprint density at radius 1 is 1.10 bits per heavy atom. The van der Waals surface area contributed by atoms with Crippen LogP contribution in [0.15, 0.2) is 42.5 Å². The summed E-state index contributed by atoms with van der Waals surface area (Å²) in [5, 5.41) is 13.7. The summed E-state index contributed by atoms with van der Waals surface area (Å²) in [5.41, 5.74) is 2.66. The van der Waals surface area contributed by atoms with Crippen molar-refractivity contribution in [3.8, 4) is 6.07 Å². The molecule has 1 unspecified atom stereocenters. The standard InChI is InChI=1S/C17H14Cl2N2/c18-14-6-3-12(4-7-14)17(11-1-2-11)21-15-8-5-13(10-20)16(19)9-15/h3-9,11,17,21H,1-2H2. The molecule has 0 bridgehead atoms. The molecule has 0 saturated heterocycles. The van der Waals surface area contributed by atoms with Crippen molar-refractivity contribution >= 4 is 28.9 Å². The topological polar surface area (TPSA) is 35.8 Å². The summed E-state index contributed by atoms with van der Waals surface area (Å²) >= 11 is 12.1. The Morgan fingerprint density at radius 2 is 1.81 bits per heavy atom. The van der Waals surface area contributed by atoms with Crippen LogP contribution in [0.5, 0.6) is 0 Å². The Balaban J connectivity index is 1.84. The van der Waals surface area contributed by atoms with Gasteiger partial charge in [-0.15, -0.1) is 0 Å². The highest BCUT2D eigenvalue weighted by Crippen LogP contribution is 2.43. The van der Waals surface area contributed by atoms with Crippen molar-refractivity contribution in [1.29, 1.82) is 5.26 Å². The molecule has 21 heavy (non-hydrogen) atoms. The molecule has 0 heterocycles. The number of benzene rings is 2. The number of hydrogen-bond acceptors (Lipinski definition) is 2. The minimum absolute atomic E-state index is 0.256. The van der Waals surface area contributed by atoms with Crippen molar-refractivity contribution in [3.63, 3.8) is 0 Å². The largest absolute Gasteiger partial charge is 0.378 e. The van der Waals surface area contributed by atoms with E-state index in [1.165, 1.54) is 18.4 Å². The maximum absolute atomic E-state index is 8.93. The van der Waals surface area contributed by atoms with E-state index >= 15 is 0 Å². The first-order chi connectivity index (χ1) is 10.2. The number of nitrogens with zero attached hydrogens (tertiary/aromatic N) is 1. The zero-order chi connectivity index (χ0) is 14.8. The Bertz CT molecular complexity index is 685. The predicted molar refractivity (Wildman–Crippen MR) is 86.7 cm³/mol. The van der Waals surface area contributed by atoms with Gasteiger partial charge in [0.25, 0.3) is 0 Å². The molecule has 3 rings (SSSR count). The molecule has 1 atom stereocenters. The van der Waals surface area contributed by atoms with Crippen LogP contribution in [0.4, 0.5) is 5.69 Å². The first kappa shape index (κ1) is 14.3. The monoisotopic (exact) mass is 316 g/mol. The molecule has 1 aliphatic rings. The van der Waals surface area contributed by atoms with Gasteiger partial charge in [-0.1, -0.05) is 35.3 Å². The molecule has 0 spiro atoms. The van der Waals surface area contributed by atoms with Crippen LogP contribution in [0, 0.1) is 17.2 Å². The average Bonchev–Trinajstić information content (AvgIpc) is 3.31. The minimum atomic E-state index is 0.256. The van der Waals surface area contributed by atoms with Gasteiger partial charge in [-0.3, -0.25) is 0 Å². The van der Waals surface area contributed by atoms with Crippen molar-refractivity contribution < 1.29 is 0 Å². The Kier molecular flexibility index (Phi) is 4.05. The van der Waals surface area contributed by atoms with Gasteiger partial charge in [-0.2, -0.15) is 5.26 Å². The van der Waals surface area contributed by atoms with Crippen LogP contribution in [0.25, 0.3) is 0 Å². The van der Waals surface area contributed by atoms with Gasteiger partial charge >= 0.3 is 0 Å². The molecule has 1 saturated carbocycles. The quantitative estimate of drug-likeness (QED) is 0.816. The van der Waals surface area contributed by atoms with Crippen LogP contribution in [-0.4, -0.2) is 0 Å². The van der Waals surface area contributed by atoms with E-state index in [0.717, 1.165) is 10.7 Å². The van der Waals surface area contributed by atoms with Crippen LogP contribution in [0.2, 0.25) is 10.0 Å². The molecule has 1 aliphatic carbocycles. The molecule has 106 valence electrons. The lowest BCUT2D eigenvalue weighted by molar-refractivity contribution is 0.679. The van der Waals surface area contributed by atoms with E-state index in [1.54, 1.807) is 6.07 Å². The summed E-state index contributed by atoms with van der Waals surface area (Å²) in [5.74, 6) is 0.639. The number of rotatable bonds is 4. The molecule has 1 fully saturated rings. The van der Waals surface area contributed by atoms with E-state index in [4.69, 9.17) is 28.5 Å². The molecule has 0 aromatic heterocycles. The van der Waals surface area contributed by atoms with Crippen LogP contribution in [0.1, 0.15) is 30.0 Å². The second kappa shape index (κ2) is 5.97. The molecule has 2 aromatic rings. The fraction of sp³-hybridized carbons (Fsp3) is 0.235. The maximum Gasteiger partial charge on any atom is 0.101 e. The summed E-state index contributed by atoms with van der Waals surface area (Å²) in [6, 6.07) is 15.7. The van der Waals surface area contributed by atoms with Gasteiger partial charge in [0.05, 0.1) is 16.6 Å². The summed E-state index contributed by atoms with van der Waals surface area (Å²) in [6.07, 6.45) is 2.45. The average molecular weight is 317 g/mol. The SMILES string of the molecule is N#Cc1ccc(NC(c2ccc(Cl)cc2)C2CC2)cc1Cl. The van der Waals surface area contributed by atoms with E-state index in [9.17, 15) is 0 Å². The summed E-state index contributed by atoms with van der Waals surface area (Å²) in [7, 11) is 0. The summed E-state index contributed by atoms with van der Waals surface area (Å²) in [4.78, 5) is 0. The molecule has 0 radical (unpaired) electrons. The Hall–Kier alpha value is -1.69. The fourth-order valence-electron chi connectivity index (χ4n) is 2.45.